The van der Waals surface area contributed by atoms with Gasteiger partial charge in [0.05, 0.1) is 11.7 Å². The van der Waals surface area contributed by atoms with E-state index in [-0.39, 0.29) is 52.5 Å². The highest BCUT2D eigenvalue weighted by Gasteiger charge is 2.48. The highest BCUT2D eigenvalue weighted by Crippen LogP contribution is 2.48. The lowest BCUT2D eigenvalue weighted by Gasteiger charge is -2.55. The number of aromatic nitrogens is 1. The van der Waals surface area contributed by atoms with Crippen LogP contribution in [0.2, 0.25) is 5.02 Å². The second-order valence-corrected chi connectivity index (χ2v) is 13.7. The molecule has 4 aliphatic heterocycles. The van der Waals surface area contributed by atoms with Crippen LogP contribution in [0.5, 0.6) is 5.75 Å². The van der Waals surface area contributed by atoms with Crippen LogP contribution in [0.4, 0.5) is 15.0 Å². The van der Waals surface area contributed by atoms with Crippen LogP contribution in [0.25, 0.3) is 11.3 Å². The number of hydrogen-bond acceptors (Lipinski definition) is 7. The minimum absolute atomic E-state index is 0.106. The van der Waals surface area contributed by atoms with E-state index in [1.54, 1.807) is 28.0 Å². The summed E-state index contributed by atoms with van der Waals surface area (Å²) in [5.41, 5.74) is 0.453. The number of ether oxygens (including phenoxy) is 2. The SMILES string of the molecule is CC1CC2(CCN1c1nc(-c3ccccc3F)c(Cl)c3c1C(=O)N1CCN(C(=O)OC(C)(C)C)C[C@@H]1CO3)CN(C)C2. The molecule has 6 rings (SSSR count). The van der Waals surface area contributed by atoms with Crippen LogP contribution in [0.15, 0.2) is 24.3 Å². The molecular formula is C31H39ClFN5O4. The van der Waals surface area contributed by atoms with E-state index in [1.807, 2.05) is 20.8 Å². The molecule has 2 amide bonds. The van der Waals surface area contributed by atoms with E-state index in [9.17, 15) is 9.59 Å². The molecule has 1 aromatic heterocycles. The van der Waals surface area contributed by atoms with Gasteiger partial charge in [0.2, 0.25) is 0 Å². The number of fused-ring (bicyclic) bond motifs is 2. The molecule has 1 spiro atoms. The molecular weight excluding hydrogens is 561 g/mol. The van der Waals surface area contributed by atoms with Crippen molar-refractivity contribution < 1.29 is 23.5 Å². The third-order valence-electron chi connectivity index (χ3n) is 8.86. The Morgan fingerprint density at radius 2 is 1.90 bits per heavy atom. The van der Waals surface area contributed by atoms with Gasteiger partial charge in [-0.2, -0.15) is 0 Å². The van der Waals surface area contributed by atoms with Crippen LogP contribution in [0.1, 0.15) is 50.9 Å². The largest absolute Gasteiger partial charge is 0.489 e. The number of anilines is 1. The number of nitrogens with zero attached hydrogens (tertiary/aromatic N) is 5. The summed E-state index contributed by atoms with van der Waals surface area (Å²) in [6.07, 6.45) is 1.52. The number of piperidine rings is 1. The van der Waals surface area contributed by atoms with Gasteiger partial charge in [0.1, 0.15) is 34.4 Å². The summed E-state index contributed by atoms with van der Waals surface area (Å²) >= 11 is 6.93. The Morgan fingerprint density at radius 3 is 2.57 bits per heavy atom. The van der Waals surface area contributed by atoms with Crippen molar-refractivity contribution in [3.05, 3.63) is 40.7 Å². The van der Waals surface area contributed by atoms with E-state index >= 15 is 4.39 Å². The molecule has 0 bridgehead atoms. The summed E-state index contributed by atoms with van der Waals surface area (Å²) in [4.78, 5) is 40.0. The highest BCUT2D eigenvalue weighted by atomic mass is 35.5. The predicted molar refractivity (Wildman–Crippen MR) is 159 cm³/mol. The van der Waals surface area contributed by atoms with Crippen LogP contribution in [-0.4, -0.2) is 102 Å². The third kappa shape index (κ3) is 5.17. The zero-order valence-corrected chi connectivity index (χ0v) is 25.7. The number of carbonyl (C=O) groups is 2. The van der Waals surface area contributed by atoms with E-state index < -0.39 is 23.6 Å². The van der Waals surface area contributed by atoms with Crippen molar-refractivity contribution in [2.45, 2.75) is 58.2 Å². The van der Waals surface area contributed by atoms with E-state index in [2.05, 4.69) is 23.8 Å². The summed E-state index contributed by atoms with van der Waals surface area (Å²) in [6, 6.07) is 6.07. The number of rotatable bonds is 2. The summed E-state index contributed by atoms with van der Waals surface area (Å²) in [6.45, 7) is 11.5. The molecule has 4 aliphatic rings. The van der Waals surface area contributed by atoms with Crippen LogP contribution in [0.3, 0.4) is 0 Å². The van der Waals surface area contributed by atoms with Gasteiger partial charge < -0.3 is 29.1 Å². The molecule has 2 atom stereocenters. The number of halogens is 2. The van der Waals surface area contributed by atoms with Crippen molar-refractivity contribution in [2.75, 3.05) is 57.8 Å². The average Bonchev–Trinajstić information content (AvgIpc) is 3.05. The van der Waals surface area contributed by atoms with Crippen LogP contribution < -0.4 is 9.64 Å². The number of amides is 2. The van der Waals surface area contributed by atoms with Gasteiger partial charge in [-0.3, -0.25) is 4.79 Å². The topological polar surface area (TPSA) is 78.5 Å². The Kier molecular flexibility index (Phi) is 7.28. The first kappa shape index (κ1) is 29.0. The maximum Gasteiger partial charge on any atom is 0.410 e. The number of hydrogen-bond donors (Lipinski definition) is 0. The minimum atomic E-state index is -0.629. The Hall–Kier alpha value is -3.11. The summed E-state index contributed by atoms with van der Waals surface area (Å²) in [7, 11) is 2.14. The molecule has 1 aromatic carbocycles. The Balaban J connectivity index is 1.39. The van der Waals surface area contributed by atoms with Crippen molar-refractivity contribution in [1.82, 2.24) is 19.7 Å². The third-order valence-corrected chi connectivity index (χ3v) is 9.21. The van der Waals surface area contributed by atoms with E-state index in [0.717, 1.165) is 32.5 Å². The fraction of sp³-hybridized carbons (Fsp3) is 0.581. The van der Waals surface area contributed by atoms with E-state index in [0.29, 0.717) is 24.5 Å². The zero-order valence-electron chi connectivity index (χ0n) is 25.0. The van der Waals surface area contributed by atoms with Crippen molar-refractivity contribution in [3.63, 3.8) is 0 Å². The Bertz CT molecular complexity index is 1410. The van der Waals surface area contributed by atoms with Crippen molar-refractivity contribution in [1.29, 1.82) is 0 Å². The Labute approximate surface area is 251 Å². The quantitative estimate of drug-likeness (QED) is 0.485. The van der Waals surface area contributed by atoms with Gasteiger partial charge in [0.15, 0.2) is 5.75 Å². The van der Waals surface area contributed by atoms with Crippen LogP contribution >= 0.6 is 11.6 Å². The number of likely N-dealkylation sites (tertiary alicyclic amines) is 1. The van der Waals surface area contributed by atoms with Crippen LogP contribution in [-0.2, 0) is 4.74 Å². The van der Waals surface area contributed by atoms with E-state index in [4.69, 9.17) is 26.1 Å². The smallest absolute Gasteiger partial charge is 0.410 e. The van der Waals surface area contributed by atoms with Crippen molar-refractivity contribution >= 4 is 29.4 Å². The van der Waals surface area contributed by atoms with Gasteiger partial charge in [-0.15, -0.1) is 0 Å². The molecule has 0 aliphatic carbocycles. The van der Waals surface area contributed by atoms with Gasteiger partial charge in [-0.25, -0.2) is 14.2 Å². The molecule has 0 radical (unpaired) electrons. The zero-order chi connectivity index (χ0) is 30.0. The number of pyridine rings is 1. The number of piperazine rings is 1. The lowest BCUT2D eigenvalue weighted by molar-refractivity contribution is -0.00803. The lowest BCUT2D eigenvalue weighted by atomic mass is 9.70. The molecule has 0 N–H and O–H groups in total. The molecule has 11 heteroatoms. The molecule has 3 saturated heterocycles. The van der Waals surface area contributed by atoms with Crippen molar-refractivity contribution in [3.8, 4) is 17.0 Å². The molecule has 42 heavy (non-hydrogen) atoms. The number of benzene rings is 1. The second-order valence-electron chi connectivity index (χ2n) is 13.3. The molecule has 0 saturated carbocycles. The first-order valence-electron chi connectivity index (χ1n) is 14.7. The lowest BCUT2D eigenvalue weighted by Crippen LogP contribution is -2.61. The minimum Gasteiger partial charge on any atom is -0.489 e. The monoisotopic (exact) mass is 599 g/mol. The predicted octanol–water partition coefficient (Wildman–Crippen LogP) is 4.92. The first-order valence-corrected chi connectivity index (χ1v) is 15.1. The molecule has 2 aromatic rings. The fourth-order valence-corrected chi connectivity index (χ4v) is 7.39. The Morgan fingerprint density at radius 1 is 1.17 bits per heavy atom. The summed E-state index contributed by atoms with van der Waals surface area (Å²) in [5.74, 6) is 0.00455. The standard InChI is InChI=1S/C31H39ClFN5O4/c1-19-14-31(17-35(5)18-31)10-11-37(19)27-23-26(24(32)25(34-27)21-8-6-7-9-22(21)33)41-16-20-15-36(12-13-38(20)28(23)39)29(40)42-30(2,3)4/h6-9,19-20H,10-18H2,1-5H3/t19?,20-/m1/s1. The second kappa shape index (κ2) is 10.6. The van der Waals surface area contributed by atoms with Gasteiger partial charge in [0, 0.05) is 50.9 Å². The normalized spacial score (nSPS) is 24.0. The highest BCUT2D eigenvalue weighted by molar-refractivity contribution is 6.35. The van der Waals surface area contributed by atoms with Gasteiger partial charge in [-0.05, 0) is 65.1 Å². The molecule has 1 unspecified atom stereocenters. The fourth-order valence-electron chi connectivity index (χ4n) is 7.10. The van der Waals surface area contributed by atoms with Crippen molar-refractivity contribution in [2.24, 2.45) is 5.41 Å². The van der Waals surface area contributed by atoms with Gasteiger partial charge in [0.25, 0.3) is 5.91 Å². The molecule has 3 fully saturated rings. The number of carbonyl (C=O) groups excluding carboxylic acids is 2. The van der Waals surface area contributed by atoms with Gasteiger partial charge in [-0.1, -0.05) is 23.7 Å². The van der Waals surface area contributed by atoms with Crippen LogP contribution in [0, 0.1) is 11.2 Å². The first-order chi connectivity index (χ1) is 19.9. The summed E-state index contributed by atoms with van der Waals surface area (Å²) in [5, 5.41) is 0.109. The maximum absolute atomic E-state index is 15.1. The average molecular weight is 600 g/mol. The van der Waals surface area contributed by atoms with Gasteiger partial charge >= 0.3 is 6.09 Å². The van der Waals surface area contributed by atoms with E-state index in [1.165, 1.54) is 6.07 Å². The molecule has 5 heterocycles. The summed E-state index contributed by atoms with van der Waals surface area (Å²) < 4.78 is 27.0. The molecule has 226 valence electrons. The molecule has 9 nitrogen and oxygen atoms in total. The maximum atomic E-state index is 15.1.